The van der Waals surface area contributed by atoms with E-state index in [-0.39, 0.29) is 30.6 Å². The Labute approximate surface area is 191 Å². The third-order valence-electron chi connectivity index (χ3n) is 4.55. The van der Waals surface area contributed by atoms with E-state index in [2.05, 4.69) is 30.7 Å². The lowest BCUT2D eigenvalue weighted by atomic mass is 9.74. The standard InChI is InChI=1S/C19H34N6O6S/c1-18(2,16-21-24-25-22-16)14-19(3,4)17(28)23-32(29)13-5-6-15(27)20-7-9-30-11-12-31-10-8-26/h8H,5-7,9-14H2,1-4H3,(H,20,27)(H,23,28)(H,21,22,24,25). The van der Waals surface area contributed by atoms with Gasteiger partial charge in [-0.3, -0.25) is 9.59 Å². The maximum absolute atomic E-state index is 12.6. The van der Waals surface area contributed by atoms with E-state index in [9.17, 15) is 18.9 Å². The molecule has 13 heteroatoms. The SMILES string of the molecule is CC(C)(CC(C)(C)c1nnn[nH]1)C(=O)N[S+]([O-])CCCC(=O)NCCOCCOCC=O. The molecule has 0 aliphatic rings. The lowest BCUT2D eigenvalue weighted by Crippen LogP contribution is -2.44. The monoisotopic (exact) mass is 474 g/mol. The Morgan fingerprint density at radius 1 is 1.19 bits per heavy atom. The Balaban J connectivity index is 2.22. The summed E-state index contributed by atoms with van der Waals surface area (Å²) in [5, 5.41) is 16.5. The second-order valence-corrected chi connectivity index (χ2v) is 9.79. The average Bonchev–Trinajstić information content (AvgIpc) is 3.25. The van der Waals surface area contributed by atoms with Crippen molar-refractivity contribution in [3.8, 4) is 0 Å². The van der Waals surface area contributed by atoms with E-state index >= 15 is 0 Å². The quantitative estimate of drug-likeness (QED) is 0.157. The minimum absolute atomic E-state index is 0.0395. The third kappa shape index (κ3) is 11.0. The van der Waals surface area contributed by atoms with Gasteiger partial charge in [0, 0.05) is 30.2 Å². The summed E-state index contributed by atoms with van der Waals surface area (Å²) in [6.45, 7) is 8.76. The summed E-state index contributed by atoms with van der Waals surface area (Å²) >= 11 is -1.58. The van der Waals surface area contributed by atoms with Gasteiger partial charge in [-0.1, -0.05) is 27.7 Å². The maximum atomic E-state index is 12.6. The fraction of sp³-hybridized carbons (Fsp3) is 0.789. The van der Waals surface area contributed by atoms with E-state index in [1.807, 2.05) is 13.8 Å². The first kappa shape index (κ1) is 27.9. The zero-order chi connectivity index (χ0) is 24.0. The number of hydrogen-bond acceptors (Lipinski definition) is 9. The van der Waals surface area contributed by atoms with Crippen LogP contribution in [-0.4, -0.2) is 82.0 Å². The van der Waals surface area contributed by atoms with Gasteiger partial charge < -0.3 is 24.1 Å². The number of aromatic nitrogens is 4. The van der Waals surface area contributed by atoms with Crippen LogP contribution in [0, 0.1) is 5.41 Å². The van der Waals surface area contributed by atoms with E-state index < -0.39 is 22.2 Å². The van der Waals surface area contributed by atoms with Crippen molar-refractivity contribution in [2.24, 2.45) is 5.41 Å². The molecule has 1 unspecified atom stereocenters. The van der Waals surface area contributed by atoms with Crippen molar-refractivity contribution in [3.63, 3.8) is 0 Å². The summed E-state index contributed by atoms with van der Waals surface area (Å²) in [4.78, 5) is 34.5. The van der Waals surface area contributed by atoms with Crippen LogP contribution in [0.3, 0.4) is 0 Å². The van der Waals surface area contributed by atoms with Crippen LogP contribution >= 0.6 is 0 Å². The van der Waals surface area contributed by atoms with Gasteiger partial charge in [-0.05, 0) is 16.8 Å². The Morgan fingerprint density at radius 3 is 2.56 bits per heavy atom. The molecule has 1 atom stereocenters. The zero-order valence-electron chi connectivity index (χ0n) is 19.1. The number of H-pyrrole nitrogens is 1. The third-order valence-corrected chi connectivity index (χ3v) is 5.62. The lowest BCUT2D eigenvalue weighted by Gasteiger charge is -2.31. The van der Waals surface area contributed by atoms with E-state index in [1.165, 1.54) is 0 Å². The summed E-state index contributed by atoms with van der Waals surface area (Å²) in [6.07, 6.45) is 1.67. The summed E-state index contributed by atoms with van der Waals surface area (Å²) in [6, 6.07) is 0. The van der Waals surface area contributed by atoms with Crippen LogP contribution in [0.4, 0.5) is 0 Å². The number of tetrazole rings is 1. The molecule has 0 aliphatic carbocycles. The highest BCUT2D eigenvalue weighted by Gasteiger charge is 2.39. The molecule has 2 amide bonds. The van der Waals surface area contributed by atoms with Gasteiger partial charge in [0.2, 0.25) is 5.91 Å². The molecular weight excluding hydrogens is 440 g/mol. The Morgan fingerprint density at radius 2 is 1.91 bits per heavy atom. The minimum Gasteiger partial charge on any atom is -0.593 e. The maximum Gasteiger partial charge on any atom is 0.266 e. The van der Waals surface area contributed by atoms with Crippen molar-refractivity contribution in [1.82, 2.24) is 30.7 Å². The topological polar surface area (TPSA) is 171 Å². The van der Waals surface area contributed by atoms with Crippen LogP contribution in [0.1, 0.15) is 52.8 Å². The van der Waals surface area contributed by atoms with Crippen LogP contribution in [0.25, 0.3) is 0 Å². The van der Waals surface area contributed by atoms with Crippen molar-refractivity contribution in [1.29, 1.82) is 0 Å². The molecule has 0 fully saturated rings. The minimum atomic E-state index is -1.58. The average molecular weight is 475 g/mol. The molecule has 1 heterocycles. The largest absolute Gasteiger partial charge is 0.593 e. The van der Waals surface area contributed by atoms with Gasteiger partial charge in [0.05, 0.1) is 31.2 Å². The molecular formula is C19H34N6O6S. The van der Waals surface area contributed by atoms with Gasteiger partial charge in [0.25, 0.3) is 5.91 Å². The zero-order valence-corrected chi connectivity index (χ0v) is 20.0. The number of ether oxygens (including phenoxy) is 2. The molecule has 0 aliphatic heterocycles. The Hall–Kier alpha value is -2.09. The smallest absolute Gasteiger partial charge is 0.266 e. The molecule has 1 aromatic heterocycles. The normalized spacial score (nSPS) is 12.9. The first-order chi connectivity index (χ1) is 15.1. The van der Waals surface area contributed by atoms with Crippen molar-refractivity contribution >= 4 is 29.5 Å². The van der Waals surface area contributed by atoms with Crippen LogP contribution < -0.4 is 10.0 Å². The van der Waals surface area contributed by atoms with E-state index in [1.54, 1.807) is 13.8 Å². The first-order valence-electron chi connectivity index (χ1n) is 10.4. The number of rotatable bonds is 17. The molecule has 12 nitrogen and oxygen atoms in total. The molecule has 1 aromatic rings. The van der Waals surface area contributed by atoms with Gasteiger partial charge in [-0.25, -0.2) is 5.10 Å². The molecule has 0 saturated heterocycles. The second-order valence-electron chi connectivity index (χ2n) is 8.48. The Bertz CT molecular complexity index is 700. The number of amides is 2. The summed E-state index contributed by atoms with van der Waals surface area (Å²) in [5.41, 5.74) is -1.28. The number of aldehydes is 1. The van der Waals surface area contributed by atoms with Crippen molar-refractivity contribution in [2.45, 2.75) is 52.4 Å². The van der Waals surface area contributed by atoms with E-state index in [0.717, 1.165) is 0 Å². The predicted octanol–water partition coefficient (Wildman–Crippen LogP) is -0.198. The highest BCUT2D eigenvalue weighted by Crippen LogP contribution is 2.34. The van der Waals surface area contributed by atoms with Gasteiger partial charge >= 0.3 is 0 Å². The molecule has 0 saturated carbocycles. The number of hydrogen-bond donors (Lipinski definition) is 3. The first-order valence-corrected chi connectivity index (χ1v) is 11.7. The van der Waals surface area contributed by atoms with Crippen molar-refractivity contribution < 1.29 is 28.4 Å². The molecule has 1 rings (SSSR count). The van der Waals surface area contributed by atoms with Crippen molar-refractivity contribution in [2.75, 3.05) is 38.7 Å². The van der Waals surface area contributed by atoms with Gasteiger partial charge in [0.1, 0.15) is 18.6 Å². The summed E-state index contributed by atoms with van der Waals surface area (Å²) in [5.74, 6) is 0.226. The Kier molecular flexibility index (Phi) is 12.3. The van der Waals surface area contributed by atoms with Crippen LogP contribution in [-0.2, 0) is 40.6 Å². The second kappa shape index (κ2) is 14.1. The highest BCUT2D eigenvalue weighted by molar-refractivity contribution is 7.90. The fourth-order valence-electron chi connectivity index (χ4n) is 3.07. The number of nitrogens with zero attached hydrogens (tertiary/aromatic N) is 3. The van der Waals surface area contributed by atoms with Crippen LogP contribution in [0.15, 0.2) is 0 Å². The molecule has 182 valence electrons. The molecule has 3 N–H and O–H groups in total. The summed E-state index contributed by atoms with van der Waals surface area (Å²) in [7, 11) is 0. The highest BCUT2D eigenvalue weighted by atomic mass is 32.2. The number of aromatic amines is 1. The number of nitrogens with one attached hydrogen (secondary N) is 3. The van der Waals surface area contributed by atoms with Crippen LogP contribution in [0.5, 0.6) is 0 Å². The van der Waals surface area contributed by atoms with Crippen LogP contribution in [0.2, 0.25) is 0 Å². The molecule has 32 heavy (non-hydrogen) atoms. The number of carbonyl (C=O) groups excluding carboxylic acids is 3. The molecule has 0 bridgehead atoms. The van der Waals surface area contributed by atoms with Crippen molar-refractivity contribution in [3.05, 3.63) is 5.82 Å². The molecule has 0 radical (unpaired) electrons. The summed E-state index contributed by atoms with van der Waals surface area (Å²) < 4.78 is 24.9. The number of carbonyl (C=O) groups is 3. The molecule has 0 spiro atoms. The van der Waals surface area contributed by atoms with Gasteiger partial charge in [-0.2, -0.15) is 4.72 Å². The van der Waals surface area contributed by atoms with E-state index in [0.29, 0.717) is 51.3 Å². The van der Waals surface area contributed by atoms with Gasteiger partial charge in [-0.15, -0.1) is 5.10 Å². The van der Waals surface area contributed by atoms with Gasteiger partial charge in [0.15, 0.2) is 5.82 Å². The fourth-order valence-corrected chi connectivity index (χ4v) is 4.07. The predicted molar refractivity (Wildman–Crippen MR) is 117 cm³/mol. The molecule has 0 aromatic carbocycles. The lowest BCUT2D eigenvalue weighted by molar-refractivity contribution is -0.128. The van der Waals surface area contributed by atoms with E-state index in [4.69, 9.17) is 9.47 Å².